The molecule has 3 heteroatoms. The van der Waals surface area contributed by atoms with Gasteiger partial charge in [-0.15, -0.1) is 0 Å². The molecule has 108 valence electrons. The number of ether oxygens (including phenoxy) is 2. The fraction of sp³-hybridized carbons (Fsp3) is 0.625. The zero-order valence-electron chi connectivity index (χ0n) is 12.6. The number of hydrogen-bond acceptors (Lipinski definition) is 3. The van der Waals surface area contributed by atoms with E-state index in [4.69, 9.17) is 15.2 Å². The molecule has 0 saturated carbocycles. The van der Waals surface area contributed by atoms with Crippen molar-refractivity contribution in [2.75, 3.05) is 19.8 Å². The van der Waals surface area contributed by atoms with Crippen LogP contribution in [0, 0.1) is 5.41 Å². The largest absolute Gasteiger partial charge is 0.494 e. The number of benzene rings is 1. The maximum Gasteiger partial charge on any atom is 0.124 e. The summed E-state index contributed by atoms with van der Waals surface area (Å²) in [5.74, 6) is 0.858. The monoisotopic (exact) mass is 265 g/mol. The fourth-order valence-electron chi connectivity index (χ4n) is 1.75. The van der Waals surface area contributed by atoms with E-state index in [2.05, 4.69) is 20.8 Å². The molecule has 0 saturated heterocycles. The number of nitrogens with two attached hydrogens (primary N) is 1. The van der Waals surface area contributed by atoms with Crippen LogP contribution in [0.1, 0.15) is 45.7 Å². The normalized spacial score (nSPS) is 13.3. The first-order valence-corrected chi connectivity index (χ1v) is 6.99. The molecule has 0 aliphatic heterocycles. The Labute approximate surface area is 117 Å². The van der Waals surface area contributed by atoms with Gasteiger partial charge in [-0.2, -0.15) is 0 Å². The zero-order valence-corrected chi connectivity index (χ0v) is 12.6. The van der Waals surface area contributed by atoms with Gasteiger partial charge in [0.05, 0.1) is 19.3 Å². The number of hydrogen-bond donors (Lipinski definition) is 1. The summed E-state index contributed by atoms with van der Waals surface area (Å²) in [6.45, 7) is 10.5. The lowest BCUT2D eigenvalue weighted by atomic mass is 9.93. The van der Waals surface area contributed by atoms with E-state index in [0.29, 0.717) is 18.6 Å². The molecule has 0 spiro atoms. The van der Waals surface area contributed by atoms with E-state index in [1.165, 1.54) is 0 Å². The van der Waals surface area contributed by atoms with Crippen molar-refractivity contribution >= 4 is 0 Å². The van der Waals surface area contributed by atoms with Gasteiger partial charge in [0.2, 0.25) is 0 Å². The fourth-order valence-corrected chi connectivity index (χ4v) is 1.75. The van der Waals surface area contributed by atoms with Crippen molar-refractivity contribution in [1.82, 2.24) is 0 Å². The first-order chi connectivity index (χ1) is 8.94. The molecule has 0 fully saturated rings. The Morgan fingerprint density at radius 1 is 1.21 bits per heavy atom. The smallest absolute Gasteiger partial charge is 0.124 e. The van der Waals surface area contributed by atoms with Crippen molar-refractivity contribution in [3.8, 4) is 5.75 Å². The second-order valence-corrected chi connectivity index (χ2v) is 5.96. The lowest BCUT2D eigenvalue weighted by Crippen LogP contribution is -2.20. The standard InChI is InChI=1S/C16H27NO2/c1-5-19-15-9-7-6-8-13(15)14(17)12-18-11-10-16(2,3)4/h6-9,14H,5,10-12,17H2,1-4H3. The molecular formula is C16H27NO2. The quantitative estimate of drug-likeness (QED) is 0.767. The van der Waals surface area contributed by atoms with Crippen molar-refractivity contribution in [1.29, 1.82) is 0 Å². The van der Waals surface area contributed by atoms with Crippen LogP contribution in [-0.2, 0) is 4.74 Å². The third-order valence-electron chi connectivity index (χ3n) is 2.91. The molecular weight excluding hydrogens is 238 g/mol. The van der Waals surface area contributed by atoms with Gasteiger partial charge in [-0.25, -0.2) is 0 Å². The third-order valence-corrected chi connectivity index (χ3v) is 2.91. The Morgan fingerprint density at radius 3 is 2.53 bits per heavy atom. The minimum atomic E-state index is -0.136. The SMILES string of the molecule is CCOc1ccccc1C(N)COCCC(C)(C)C. The Morgan fingerprint density at radius 2 is 1.89 bits per heavy atom. The molecule has 3 nitrogen and oxygen atoms in total. The lowest BCUT2D eigenvalue weighted by molar-refractivity contribution is 0.0968. The van der Waals surface area contributed by atoms with Crippen LogP contribution in [0.15, 0.2) is 24.3 Å². The van der Waals surface area contributed by atoms with E-state index in [0.717, 1.165) is 24.3 Å². The molecule has 0 aliphatic carbocycles. The van der Waals surface area contributed by atoms with Crippen LogP contribution in [0.25, 0.3) is 0 Å². The zero-order chi connectivity index (χ0) is 14.3. The Hall–Kier alpha value is -1.06. The predicted molar refractivity (Wildman–Crippen MR) is 79.4 cm³/mol. The Bertz CT molecular complexity index is 371. The molecule has 0 heterocycles. The maximum atomic E-state index is 6.17. The van der Waals surface area contributed by atoms with E-state index in [1.807, 2.05) is 31.2 Å². The highest BCUT2D eigenvalue weighted by Gasteiger charge is 2.13. The topological polar surface area (TPSA) is 44.5 Å². The van der Waals surface area contributed by atoms with Gasteiger partial charge >= 0.3 is 0 Å². The van der Waals surface area contributed by atoms with Gasteiger partial charge < -0.3 is 15.2 Å². The van der Waals surface area contributed by atoms with E-state index >= 15 is 0 Å². The number of para-hydroxylation sites is 1. The summed E-state index contributed by atoms with van der Waals surface area (Å²) in [4.78, 5) is 0. The summed E-state index contributed by atoms with van der Waals surface area (Å²) in [5.41, 5.74) is 7.48. The lowest BCUT2D eigenvalue weighted by Gasteiger charge is -2.20. The average molecular weight is 265 g/mol. The molecule has 0 aliphatic rings. The summed E-state index contributed by atoms with van der Waals surface area (Å²) in [6, 6.07) is 7.76. The summed E-state index contributed by atoms with van der Waals surface area (Å²) in [5, 5.41) is 0. The van der Waals surface area contributed by atoms with Crippen molar-refractivity contribution < 1.29 is 9.47 Å². The highest BCUT2D eigenvalue weighted by Crippen LogP contribution is 2.24. The summed E-state index contributed by atoms with van der Waals surface area (Å²) < 4.78 is 11.3. The third kappa shape index (κ3) is 6.08. The summed E-state index contributed by atoms with van der Waals surface area (Å²) in [6.07, 6.45) is 1.03. The van der Waals surface area contributed by atoms with Crippen LogP contribution < -0.4 is 10.5 Å². The van der Waals surface area contributed by atoms with Crippen LogP contribution in [0.5, 0.6) is 5.75 Å². The van der Waals surface area contributed by atoms with Crippen LogP contribution in [0.3, 0.4) is 0 Å². The van der Waals surface area contributed by atoms with Gasteiger partial charge in [-0.05, 0) is 24.8 Å². The van der Waals surface area contributed by atoms with E-state index in [9.17, 15) is 0 Å². The van der Waals surface area contributed by atoms with Gasteiger partial charge in [-0.3, -0.25) is 0 Å². The van der Waals surface area contributed by atoms with Gasteiger partial charge in [0.1, 0.15) is 5.75 Å². The van der Waals surface area contributed by atoms with Crippen LogP contribution in [-0.4, -0.2) is 19.8 Å². The molecule has 1 rings (SSSR count). The molecule has 1 aromatic carbocycles. The van der Waals surface area contributed by atoms with Crippen molar-refractivity contribution in [3.05, 3.63) is 29.8 Å². The molecule has 0 radical (unpaired) electrons. The van der Waals surface area contributed by atoms with E-state index in [1.54, 1.807) is 0 Å². The highest BCUT2D eigenvalue weighted by molar-refractivity contribution is 5.35. The maximum absolute atomic E-state index is 6.17. The van der Waals surface area contributed by atoms with E-state index < -0.39 is 0 Å². The molecule has 0 bridgehead atoms. The van der Waals surface area contributed by atoms with Crippen molar-refractivity contribution in [2.24, 2.45) is 11.1 Å². The van der Waals surface area contributed by atoms with Crippen LogP contribution in [0.2, 0.25) is 0 Å². The van der Waals surface area contributed by atoms with E-state index in [-0.39, 0.29) is 6.04 Å². The second kappa shape index (κ2) is 7.51. The molecule has 1 aromatic rings. The molecule has 0 amide bonds. The van der Waals surface area contributed by atoms with Crippen LogP contribution >= 0.6 is 0 Å². The van der Waals surface area contributed by atoms with Crippen molar-refractivity contribution in [2.45, 2.75) is 40.2 Å². The minimum absolute atomic E-state index is 0.136. The van der Waals surface area contributed by atoms with Gasteiger partial charge in [0.25, 0.3) is 0 Å². The Balaban J connectivity index is 2.47. The average Bonchev–Trinajstić information content (AvgIpc) is 2.34. The first-order valence-electron chi connectivity index (χ1n) is 6.99. The minimum Gasteiger partial charge on any atom is -0.494 e. The Kier molecular flexibility index (Phi) is 6.32. The van der Waals surface area contributed by atoms with Gasteiger partial charge in [0.15, 0.2) is 0 Å². The van der Waals surface area contributed by atoms with Gasteiger partial charge in [0, 0.05) is 12.2 Å². The van der Waals surface area contributed by atoms with Crippen LogP contribution in [0.4, 0.5) is 0 Å². The van der Waals surface area contributed by atoms with Crippen molar-refractivity contribution in [3.63, 3.8) is 0 Å². The second-order valence-electron chi connectivity index (χ2n) is 5.96. The summed E-state index contributed by atoms with van der Waals surface area (Å²) >= 11 is 0. The summed E-state index contributed by atoms with van der Waals surface area (Å²) in [7, 11) is 0. The molecule has 2 N–H and O–H groups in total. The number of rotatable bonds is 7. The highest BCUT2D eigenvalue weighted by atomic mass is 16.5. The molecule has 1 unspecified atom stereocenters. The first kappa shape index (κ1) is 16.0. The predicted octanol–water partition coefficient (Wildman–Crippen LogP) is 3.54. The molecule has 19 heavy (non-hydrogen) atoms. The van der Waals surface area contributed by atoms with Gasteiger partial charge in [-0.1, -0.05) is 39.0 Å². The molecule has 1 atom stereocenters. The molecule has 0 aromatic heterocycles.